The highest BCUT2D eigenvalue weighted by Gasteiger charge is 2.16. The minimum Gasteiger partial charge on any atom is -0.490 e. The Kier molecular flexibility index (Phi) is 7.28. The first-order chi connectivity index (χ1) is 14.1. The van der Waals surface area contributed by atoms with Crippen LogP contribution in [0.5, 0.6) is 11.5 Å². The van der Waals surface area contributed by atoms with Crippen molar-refractivity contribution in [2.45, 2.75) is 25.9 Å². The molecule has 0 radical (unpaired) electrons. The molecule has 3 rings (SSSR count). The van der Waals surface area contributed by atoms with Gasteiger partial charge in [-0.3, -0.25) is 4.79 Å². The lowest BCUT2D eigenvalue weighted by atomic mass is 10.1. The third-order valence-electron chi connectivity index (χ3n) is 4.40. The first kappa shape index (κ1) is 20.5. The van der Waals surface area contributed by atoms with Gasteiger partial charge in [0.1, 0.15) is 0 Å². The SMILES string of the molecule is C[C@@H](OC(=O)/C=C/c1ccc2c(c1)OCCCO2)C(=O)NCCc1ccccc1. The maximum Gasteiger partial charge on any atom is 0.331 e. The summed E-state index contributed by atoms with van der Waals surface area (Å²) in [6, 6.07) is 15.3. The van der Waals surface area contributed by atoms with E-state index in [1.807, 2.05) is 48.5 Å². The average Bonchev–Trinajstić information content (AvgIpc) is 2.98. The number of ether oxygens (including phenoxy) is 3. The highest BCUT2D eigenvalue weighted by molar-refractivity contribution is 5.90. The topological polar surface area (TPSA) is 73.9 Å². The van der Waals surface area contributed by atoms with Gasteiger partial charge in [-0.2, -0.15) is 0 Å². The Morgan fingerprint density at radius 1 is 1.10 bits per heavy atom. The van der Waals surface area contributed by atoms with Gasteiger partial charge >= 0.3 is 5.97 Å². The van der Waals surface area contributed by atoms with Crippen LogP contribution in [0, 0.1) is 0 Å². The van der Waals surface area contributed by atoms with Gasteiger partial charge in [-0.15, -0.1) is 0 Å². The van der Waals surface area contributed by atoms with Crippen molar-refractivity contribution in [3.8, 4) is 11.5 Å². The molecule has 1 heterocycles. The average molecular weight is 395 g/mol. The van der Waals surface area contributed by atoms with Crippen molar-refractivity contribution in [3.05, 3.63) is 65.7 Å². The van der Waals surface area contributed by atoms with Gasteiger partial charge in [0, 0.05) is 19.0 Å². The van der Waals surface area contributed by atoms with Crippen molar-refractivity contribution in [2.24, 2.45) is 0 Å². The lowest BCUT2D eigenvalue weighted by Gasteiger charge is -2.12. The quantitative estimate of drug-likeness (QED) is 0.576. The number of benzene rings is 2. The van der Waals surface area contributed by atoms with Gasteiger partial charge in [0.05, 0.1) is 13.2 Å². The molecular weight excluding hydrogens is 370 g/mol. The smallest absolute Gasteiger partial charge is 0.331 e. The van der Waals surface area contributed by atoms with Gasteiger partial charge < -0.3 is 19.5 Å². The van der Waals surface area contributed by atoms with Crippen LogP contribution in [0.4, 0.5) is 0 Å². The van der Waals surface area contributed by atoms with E-state index < -0.39 is 12.1 Å². The standard InChI is InChI=1S/C23H25NO5/c1-17(23(26)24-13-12-18-6-3-2-4-7-18)29-22(25)11-9-19-8-10-20-21(16-19)28-15-5-14-27-20/h2-4,6-11,16-17H,5,12-15H2,1H3,(H,24,26)/b11-9+/t17-/m1/s1. The highest BCUT2D eigenvalue weighted by Crippen LogP contribution is 2.30. The largest absolute Gasteiger partial charge is 0.490 e. The van der Waals surface area contributed by atoms with Gasteiger partial charge in [-0.1, -0.05) is 36.4 Å². The maximum atomic E-state index is 12.1. The van der Waals surface area contributed by atoms with Crippen LogP contribution in [-0.2, 0) is 20.7 Å². The molecule has 6 heteroatoms. The molecule has 2 aromatic rings. The third-order valence-corrected chi connectivity index (χ3v) is 4.40. The molecule has 0 aliphatic carbocycles. The van der Waals surface area contributed by atoms with Gasteiger partial charge in [0.2, 0.25) is 0 Å². The Balaban J connectivity index is 1.45. The van der Waals surface area contributed by atoms with E-state index in [0.717, 1.165) is 24.0 Å². The van der Waals surface area contributed by atoms with E-state index in [4.69, 9.17) is 14.2 Å². The molecule has 29 heavy (non-hydrogen) atoms. The summed E-state index contributed by atoms with van der Waals surface area (Å²) in [6.07, 6.45) is 3.60. The predicted molar refractivity (Wildman–Crippen MR) is 110 cm³/mol. The summed E-state index contributed by atoms with van der Waals surface area (Å²) in [5.74, 6) is 0.452. The summed E-state index contributed by atoms with van der Waals surface area (Å²) < 4.78 is 16.4. The lowest BCUT2D eigenvalue weighted by molar-refractivity contribution is -0.150. The number of carbonyl (C=O) groups is 2. The number of esters is 1. The lowest BCUT2D eigenvalue weighted by Crippen LogP contribution is -2.36. The second-order valence-electron chi connectivity index (χ2n) is 6.70. The van der Waals surface area contributed by atoms with Crippen molar-refractivity contribution in [3.63, 3.8) is 0 Å². The van der Waals surface area contributed by atoms with E-state index in [1.165, 1.54) is 6.08 Å². The van der Waals surface area contributed by atoms with Crippen LogP contribution in [0.3, 0.4) is 0 Å². The molecule has 0 saturated carbocycles. The Bertz CT molecular complexity index is 863. The van der Waals surface area contributed by atoms with E-state index in [9.17, 15) is 9.59 Å². The first-order valence-corrected chi connectivity index (χ1v) is 9.72. The zero-order valence-electron chi connectivity index (χ0n) is 16.4. The fourth-order valence-corrected chi connectivity index (χ4v) is 2.83. The number of carbonyl (C=O) groups excluding carboxylic acids is 2. The predicted octanol–water partition coefficient (Wildman–Crippen LogP) is 3.15. The monoisotopic (exact) mass is 395 g/mol. The molecule has 1 aliphatic heterocycles. The third kappa shape index (κ3) is 6.38. The molecule has 0 bridgehead atoms. The van der Waals surface area contributed by atoms with Gasteiger partial charge in [0.15, 0.2) is 17.6 Å². The molecule has 0 aromatic heterocycles. The minimum atomic E-state index is -0.869. The molecular formula is C23H25NO5. The summed E-state index contributed by atoms with van der Waals surface area (Å²) in [7, 11) is 0. The van der Waals surface area contributed by atoms with Crippen molar-refractivity contribution >= 4 is 18.0 Å². The van der Waals surface area contributed by atoms with Crippen LogP contribution in [-0.4, -0.2) is 37.7 Å². The molecule has 0 unspecified atom stereocenters. The summed E-state index contributed by atoms with van der Waals surface area (Å²) >= 11 is 0. The van der Waals surface area contributed by atoms with Crippen LogP contribution in [0.2, 0.25) is 0 Å². The van der Waals surface area contributed by atoms with Crippen LogP contribution in [0.1, 0.15) is 24.5 Å². The molecule has 2 aromatic carbocycles. The zero-order valence-corrected chi connectivity index (χ0v) is 16.4. The minimum absolute atomic E-state index is 0.321. The molecule has 1 N–H and O–H groups in total. The number of nitrogens with one attached hydrogen (secondary N) is 1. The summed E-state index contributed by atoms with van der Waals surface area (Å²) in [4.78, 5) is 24.1. The number of amides is 1. The van der Waals surface area contributed by atoms with E-state index in [0.29, 0.717) is 31.3 Å². The Morgan fingerprint density at radius 3 is 2.66 bits per heavy atom. The van der Waals surface area contributed by atoms with E-state index >= 15 is 0 Å². The molecule has 1 aliphatic rings. The van der Waals surface area contributed by atoms with Crippen LogP contribution < -0.4 is 14.8 Å². The number of hydrogen-bond acceptors (Lipinski definition) is 5. The fourth-order valence-electron chi connectivity index (χ4n) is 2.83. The van der Waals surface area contributed by atoms with Crippen molar-refractivity contribution in [1.82, 2.24) is 5.32 Å². The Hall–Kier alpha value is -3.28. The number of hydrogen-bond donors (Lipinski definition) is 1. The number of rotatable bonds is 7. The number of fused-ring (bicyclic) bond motifs is 1. The van der Waals surface area contributed by atoms with Gasteiger partial charge in [-0.25, -0.2) is 4.79 Å². The summed E-state index contributed by atoms with van der Waals surface area (Å²) in [5, 5.41) is 2.78. The molecule has 0 fully saturated rings. The molecule has 0 spiro atoms. The van der Waals surface area contributed by atoms with Gasteiger partial charge in [0.25, 0.3) is 5.91 Å². The molecule has 1 atom stereocenters. The second-order valence-corrected chi connectivity index (χ2v) is 6.70. The van der Waals surface area contributed by atoms with Gasteiger partial charge in [-0.05, 0) is 42.7 Å². The molecule has 152 valence electrons. The fraction of sp³-hybridized carbons (Fsp3) is 0.304. The van der Waals surface area contributed by atoms with Crippen molar-refractivity contribution in [1.29, 1.82) is 0 Å². The van der Waals surface area contributed by atoms with E-state index in [-0.39, 0.29) is 5.91 Å². The maximum absolute atomic E-state index is 12.1. The summed E-state index contributed by atoms with van der Waals surface area (Å²) in [5.41, 5.74) is 1.92. The van der Waals surface area contributed by atoms with Crippen LogP contribution >= 0.6 is 0 Å². The summed E-state index contributed by atoms with van der Waals surface area (Å²) in [6.45, 7) is 3.26. The molecule has 0 saturated heterocycles. The highest BCUT2D eigenvalue weighted by atomic mass is 16.5. The molecule has 1 amide bonds. The van der Waals surface area contributed by atoms with E-state index in [2.05, 4.69) is 5.32 Å². The second kappa shape index (κ2) is 10.3. The normalized spacial score (nSPS) is 14.1. The molecule has 6 nitrogen and oxygen atoms in total. The zero-order chi connectivity index (χ0) is 20.5. The Labute approximate surface area is 170 Å². The van der Waals surface area contributed by atoms with E-state index in [1.54, 1.807) is 13.0 Å². The van der Waals surface area contributed by atoms with Crippen molar-refractivity contribution < 1.29 is 23.8 Å². The van der Waals surface area contributed by atoms with Crippen molar-refractivity contribution in [2.75, 3.05) is 19.8 Å². The first-order valence-electron chi connectivity index (χ1n) is 9.72. The Morgan fingerprint density at radius 2 is 1.86 bits per heavy atom. The van der Waals surface area contributed by atoms with Crippen LogP contribution in [0.15, 0.2) is 54.6 Å². The van der Waals surface area contributed by atoms with Crippen LogP contribution in [0.25, 0.3) is 6.08 Å².